The zero-order valence-electron chi connectivity index (χ0n) is 17.7. The Morgan fingerprint density at radius 1 is 0.657 bits per heavy atom. The minimum absolute atomic E-state index is 0.201. The first-order valence-corrected chi connectivity index (χ1v) is 10.0. The van der Waals surface area contributed by atoms with Crippen molar-refractivity contribution in [1.29, 1.82) is 0 Å². The summed E-state index contributed by atoms with van der Waals surface area (Å²) in [7, 11) is 0. The van der Waals surface area contributed by atoms with Crippen molar-refractivity contribution in [2.45, 2.75) is 0 Å². The summed E-state index contributed by atoms with van der Waals surface area (Å²) in [6.45, 7) is 0. The third-order valence-corrected chi connectivity index (χ3v) is 5.11. The average molecular weight is 473 g/mol. The van der Waals surface area contributed by atoms with Gasteiger partial charge in [-0.15, -0.1) is 0 Å². The number of amides is 1. The van der Waals surface area contributed by atoms with E-state index >= 15 is 0 Å². The third-order valence-electron chi connectivity index (χ3n) is 5.11. The number of fused-ring (bicyclic) bond motifs is 1. The van der Waals surface area contributed by atoms with E-state index in [1.54, 1.807) is 6.07 Å². The molecule has 35 heavy (non-hydrogen) atoms. The van der Waals surface area contributed by atoms with Gasteiger partial charge in [0, 0.05) is 16.9 Å². The molecule has 0 aliphatic heterocycles. The topological polar surface area (TPSA) is 171 Å². The molecule has 4 aromatic rings. The van der Waals surface area contributed by atoms with Gasteiger partial charge in [-0.05, 0) is 47.2 Å². The average Bonchev–Trinajstić information content (AvgIpc) is 2.84. The van der Waals surface area contributed by atoms with Crippen molar-refractivity contribution in [3.05, 3.63) is 115 Å². The van der Waals surface area contributed by atoms with Crippen LogP contribution in [-0.4, -0.2) is 20.7 Å². The number of nitrogens with zero attached hydrogens (tertiary/aromatic N) is 3. The number of rotatable bonds is 7. The van der Waals surface area contributed by atoms with E-state index in [4.69, 9.17) is 0 Å². The summed E-state index contributed by atoms with van der Waals surface area (Å²) < 4.78 is 0. The molecule has 4 rings (SSSR count). The van der Waals surface area contributed by atoms with Gasteiger partial charge in [-0.25, -0.2) is 0 Å². The van der Waals surface area contributed by atoms with Gasteiger partial charge in [-0.1, -0.05) is 30.3 Å². The van der Waals surface area contributed by atoms with Crippen LogP contribution in [0.3, 0.4) is 0 Å². The molecule has 0 aromatic heterocycles. The molecule has 0 radical (unpaired) electrons. The van der Waals surface area contributed by atoms with Crippen LogP contribution in [0.25, 0.3) is 10.8 Å². The van der Waals surface area contributed by atoms with Gasteiger partial charge in [0.25, 0.3) is 11.6 Å². The highest BCUT2D eigenvalue weighted by atomic mass is 16.6. The highest BCUT2D eigenvalue weighted by Crippen LogP contribution is 2.40. The van der Waals surface area contributed by atoms with Gasteiger partial charge in [0.1, 0.15) is 0 Å². The Morgan fingerprint density at radius 2 is 1.23 bits per heavy atom. The molecule has 0 heterocycles. The fourth-order valence-electron chi connectivity index (χ4n) is 3.44. The molecular formula is C23H15N5O7. The van der Waals surface area contributed by atoms with Crippen molar-refractivity contribution < 1.29 is 19.6 Å². The van der Waals surface area contributed by atoms with Crippen LogP contribution in [0.1, 0.15) is 10.4 Å². The van der Waals surface area contributed by atoms with Gasteiger partial charge in [-0.2, -0.15) is 0 Å². The van der Waals surface area contributed by atoms with E-state index in [0.29, 0.717) is 17.8 Å². The molecule has 0 saturated carbocycles. The molecule has 1 amide bonds. The zero-order valence-corrected chi connectivity index (χ0v) is 17.7. The molecule has 0 fully saturated rings. The van der Waals surface area contributed by atoms with E-state index in [-0.39, 0.29) is 11.3 Å². The van der Waals surface area contributed by atoms with Crippen LogP contribution in [0.4, 0.5) is 34.1 Å². The molecule has 12 heteroatoms. The van der Waals surface area contributed by atoms with Crippen LogP contribution >= 0.6 is 0 Å². The van der Waals surface area contributed by atoms with E-state index in [1.807, 2.05) is 36.4 Å². The molecule has 0 atom stereocenters. The van der Waals surface area contributed by atoms with Gasteiger partial charge >= 0.3 is 11.4 Å². The van der Waals surface area contributed by atoms with Crippen LogP contribution in [0.15, 0.2) is 78.9 Å². The lowest BCUT2D eigenvalue weighted by molar-refractivity contribution is -0.401. The van der Waals surface area contributed by atoms with Gasteiger partial charge < -0.3 is 10.6 Å². The Hall–Kier alpha value is -5.39. The molecule has 0 bridgehead atoms. The quantitative estimate of drug-likeness (QED) is 0.259. The Balaban J connectivity index is 1.58. The van der Waals surface area contributed by atoms with Crippen molar-refractivity contribution in [3.8, 4) is 0 Å². The van der Waals surface area contributed by atoms with Crippen molar-refractivity contribution in [2.24, 2.45) is 0 Å². The molecule has 0 aliphatic carbocycles. The third kappa shape index (κ3) is 4.85. The summed E-state index contributed by atoms with van der Waals surface area (Å²) in [4.78, 5) is 43.7. The normalized spacial score (nSPS) is 10.5. The molecule has 0 saturated heterocycles. The van der Waals surface area contributed by atoms with Crippen LogP contribution in [0.5, 0.6) is 0 Å². The fourth-order valence-corrected chi connectivity index (χ4v) is 3.44. The van der Waals surface area contributed by atoms with Crippen molar-refractivity contribution in [3.63, 3.8) is 0 Å². The summed E-state index contributed by atoms with van der Waals surface area (Å²) in [5, 5.41) is 41.2. The monoisotopic (exact) mass is 473 g/mol. The zero-order chi connectivity index (χ0) is 25.1. The smallest absolute Gasteiger partial charge is 0.306 e. The number of hydrogen-bond donors (Lipinski definition) is 2. The standard InChI is InChI=1S/C23H15N5O7/c29-23(25-18-10-5-14-3-1-2-4-16(14)11-18)15-6-8-17(9-7-15)24-22-20(27(32)33)12-19(26(30)31)13-21(22)28(34)35/h1-13,24H,(H,25,29). The van der Waals surface area contributed by atoms with Crippen LogP contribution < -0.4 is 10.6 Å². The number of benzene rings is 4. The minimum Gasteiger partial charge on any atom is -0.344 e. The van der Waals surface area contributed by atoms with Gasteiger partial charge in [0.2, 0.25) is 0 Å². The Bertz CT molecular complexity index is 1470. The number of carbonyl (C=O) groups is 1. The molecule has 2 N–H and O–H groups in total. The van der Waals surface area contributed by atoms with Crippen LogP contribution in [0.2, 0.25) is 0 Å². The molecular weight excluding hydrogens is 458 g/mol. The van der Waals surface area contributed by atoms with Crippen molar-refractivity contribution >= 4 is 50.8 Å². The Morgan fingerprint density at radius 3 is 1.80 bits per heavy atom. The molecule has 0 aliphatic rings. The molecule has 12 nitrogen and oxygen atoms in total. The van der Waals surface area contributed by atoms with Gasteiger partial charge in [-0.3, -0.25) is 35.1 Å². The van der Waals surface area contributed by atoms with Crippen LogP contribution in [0, 0.1) is 30.3 Å². The first kappa shape index (κ1) is 22.8. The first-order chi connectivity index (χ1) is 16.7. The Labute approximate surface area is 196 Å². The summed E-state index contributed by atoms with van der Waals surface area (Å²) >= 11 is 0. The maximum absolute atomic E-state index is 12.6. The van der Waals surface area contributed by atoms with E-state index in [2.05, 4.69) is 10.6 Å². The summed E-state index contributed by atoms with van der Waals surface area (Å²) in [5.41, 5.74) is -1.89. The number of hydrogen-bond acceptors (Lipinski definition) is 8. The number of carbonyl (C=O) groups excluding carboxylic acids is 1. The summed E-state index contributed by atoms with van der Waals surface area (Å²) in [5.74, 6) is -0.404. The predicted octanol–water partition coefficient (Wildman–Crippen LogP) is 5.56. The predicted molar refractivity (Wildman–Crippen MR) is 128 cm³/mol. The fraction of sp³-hybridized carbons (Fsp3) is 0. The largest absolute Gasteiger partial charge is 0.344 e. The SMILES string of the molecule is O=C(Nc1ccc2ccccc2c1)c1ccc(Nc2c([N+](=O)[O-])cc([N+](=O)[O-])cc2[N+](=O)[O-])cc1. The van der Waals surface area contributed by atoms with Crippen LogP contribution in [-0.2, 0) is 0 Å². The van der Waals surface area contributed by atoms with Crippen molar-refractivity contribution in [1.82, 2.24) is 0 Å². The lowest BCUT2D eigenvalue weighted by Gasteiger charge is -2.10. The second-order valence-corrected chi connectivity index (χ2v) is 7.35. The summed E-state index contributed by atoms with van der Waals surface area (Å²) in [6, 6.07) is 20.1. The molecule has 0 spiro atoms. The Kier molecular flexibility index (Phi) is 6.01. The molecule has 174 valence electrons. The maximum Gasteiger partial charge on any atom is 0.306 e. The maximum atomic E-state index is 12.6. The highest BCUT2D eigenvalue weighted by molar-refractivity contribution is 6.05. The number of non-ortho nitro benzene ring substituents is 1. The van der Waals surface area contributed by atoms with Gasteiger partial charge in [0.05, 0.1) is 26.9 Å². The minimum atomic E-state index is -0.952. The van der Waals surface area contributed by atoms with E-state index in [9.17, 15) is 35.1 Å². The number of nitro groups is 3. The van der Waals surface area contributed by atoms with Crippen molar-refractivity contribution in [2.75, 3.05) is 10.6 Å². The molecule has 0 unspecified atom stereocenters. The second kappa shape index (κ2) is 9.23. The van der Waals surface area contributed by atoms with E-state index in [1.165, 1.54) is 24.3 Å². The molecule has 4 aromatic carbocycles. The summed E-state index contributed by atoms with van der Waals surface area (Å²) in [6.07, 6.45) is 0. The highest BCUT2D eigenvalue weighted by Gasteiger charge is 2.30. The number of nitro benzene ring substituents is 3. The lowest BCUT2D eigenvalue weighted by Crippen LogP contribution is -2.11. The lowest BCUT2D eigenvalue weighted by atomic mass is 10.1. The number of nitrogens with one attached hydrogen (secondary N) is 2. The first-order valence-electron chi connectivity index (χ1n) is 10.0. The number of anilines is 3. The van der Waals surface area contributed by atoms with E-state index < -0.39 is 43.4 Å². The van der Waals surface area contributed by atoms with Gasteiger partial charge in [0.15, 0.2) is 5.69 Å². The van der Waals surface area contributed by atoms with E-state index in [0.717, 1.165) is 10.8 Å². The second-order valence-electron chi connectivity index (χ2n) is 7.35.